The highest BCUT2D eigenvalue weighted by atomic mass is 79.9. The lowest BCUT2D eigenvalue weighted by atomic mass is 10.3. The summed E-state index contributed by atoms with van der Waals surface area (Å²) in [6, 6.07) is 17.6. The Morgan fingerprint density at radius 3 is 2.50 bits per heavy atom. The largest absolute Gasteiger partial charge is 0.375 e. The van der Waals surface area contributed by atoms with E-state index in [-0.39, 0.29) is 6.03 Å². The van der Waals surface area contributed by atoms with Crippen LogP contribution in [0.2, 0.25) is 0 Å². The Hall–Kier alpha value is -2.01. The third kappa shape index (κ3) is 5.07. The van der Waals surface area contributed by atoms with Crippen molar-refractivity contribution in [2.75, 3.05) is 30.4 Å². The zero-order chi connectivity index (χ0) is 15.8. The maximum atomic E-state index is 11.8. The van der Waals surface area contributed by atoms with Gasteiger partial charge in [-0.05, 0) is 46.6 Å². The minimum Gasteiger partial charge on any atom is -0.375 e. The molecule has 2 amide bonds. The molecule has 2 rings (SSSR count). The third-order valence-electron chi connectivity index (χ3n) is 3.27. The van der Waals surface area contributed by atoms with Crippen LogP contribution in [0.3, 0.4) is 0 Å². The van der Waals surface area contributed by atoms with E-state index in [2.05, 4.69) is 50.6 Å². The van der Waals surface area contributed by atoms with Crippen molar-refractivity contribution < 1.29 is 4.79 Å². The van der Waals surface area contributed by atoms with Gasteiger partial charge in [-0.25, -0.2) is 4.79 Å². The van der Waals surface area contributed by atoms with Crippen molar-refractivity contribution in [3.05, 3.63) is 59.1 Å². The van der Waals surface area contributed by atoms with Crippen molar-refractivity contribution in [3.8, 4) is 0 Å². The Balaban J connectivity index is 1.68. The molecule has 2 aromatic rings. The molecule has 0 heterocycles. The molecule has 0 radical (unpaired) electrons. The van der Waals surface area contributed by atoms with E-state index in [0.717, 1.165) is 23.1 Å². The van der Waals surface area contributed by atoms with Crippen LogP contribution in [0, 0.1) is 0 Å². The molecule has 0 fully saturated rings. The second-order valence-corrected chi connectivity index (χ2v) is 5.83. The number of halogens is 1. The van der Waals surface area contributed by atoms with E-state index in [1.165, 1.54) is 5.69 Å². The standard InChI is InChI=1S/C17H20BrN3O/c1-21(14-8-3-2-4-9-14)13-7-12-19-17(22)20-16-11-6-5-10-15(16)18/h2-6,8-11H,7,12-13H2,1H3,(H2,19,20,22). The highest BCUT2D eigenvalue weighted by molar-refractivity contribution is 9.10. The van der Waals surface area contributed by atoms with Crippen molar-refractivity contribution in [1.29, 1.82) is 0 Å². The van der Waals surface area contributed by atoms with Crippen LogP contribution in [0.25, 0.3) is 0 Å². The number of urea groups is 1. The zero-order valence-electron chi connectivity index (χ0n) is 12.6. The monoisotopic (exact) mass is 361 g/mol. The van der Waals surface area contributed by atoms with Gasteiger partial charge in [-0.15, -0.1) is 0 Å². The molecular formula is C17H20BrN3O. The van der Waals surface area contributed by atoms with Crippen LogP contribution in [0.1, 0.15) is 6.42 Å². The van der Waals surface area contributed by atoms with E-state index in [0.29, 0.717) is 6.54 Å². The van der Waals surface area contributed by atoms with Crippen molar-refractivity contribution in [1.82, 2.24) is 5.32 Å². The molecule has 0 spiro atoms. The van der Waals surface area contributed by atoms with Gasteiger partial charge in [0.25, 0.3) is 0 Å². The predicted molar refractivity (Wildman–Crippen MR) is 95.5 cm³/mol. The van der Waals surface area contributed by atoms with Gasteiger partial charge in [-0.2, -0.15) is 0 Å². The van der Waals surface area contributed by atoms with Crippen LogP contribution in [0.15, 0.2) is 59.1 Å². The fourth-order valence-electron chi connectivity index (χ4n) is 2.06. The van der Waals surface area contributed by atoms with E-state index in [1.807, 2.05) is 42.5 Å². The molecule has 0 unspecified atom stereocenters. The SMILES string of the molecule is CN(CCCNC(=O)Nc1ccccc1Br)c1ccccc1. The number of carbonyl (C=O) groups is 1. The summed E-state index contributed by atoms with van der Waals surface area (Å²) >= 11 is 3.40. The van der Waals surface area contributed by atoms with Crippen molar-refractivity contribution in [3.63, 3.8) is 0 Å². The average molecular weight is 362 g/mol. The fourth-order valence-corrected chi connectivity index (χ4v) is 2.44. The first-order chi connectivity index (χ1) is 10.7. The molecule has 0 bridgehead atoms. The molecule has 0 aliphatic heterocycles. The van der Waals surface area contributed by atoms with Gasteiger partial charge in [0.05, 0.1) is 5.69 Å². The molecule has 0 aromatic heterocycles. The minimum absolute atomic E-state index is 0.186. The van der Waals surface area contributed by atoms with Crippen molar-refractivity contribution in [2.24, 2.45) is 0 Å². The number of amides is 2. The van der Waals surface area contributed by atoms with Crippen LogP contribution >= 0.6 is 15.9 Å². The van der Waals surface area contributed by atoms with E-state index < -0.39 is 0 Å². The Morgan fingerprint density at radius 2 is 1.77 bits per heavy atom. The fraction of sp³-hybridized carbons (Fsp3) is 0.235. The Labute approximate surface area is 139 Å². The number of para-hydroxylation sites is 2. The van der Waals surface area contributed by atoms with Gasteiger partial charge in [0, 0.05) is 30.3 Å². The molecule has 0 aliphatic carbocycles. The molecule has 5 heteroatoms. The first-order valence-electron chi connectivity index (χ1n) is 7.22. The van der Waals surface area contributed by atoms with Gasteiger partial charge >= 0.3 is 6.03 Å². The number of hydrogen-bond acceptors (Lipinski definition) is 2. The predicted octanol–water partition coefficient (Wildman–Crippen LogP) is 4.10. The summed E-state index contributed by atoms with van der Waals surface area (Å²) in [5, 5.41) is 5.69. The molecule has 116 valence electrons. The van der Waals surface area contributed by atoms with Crippen molar-refractivity contribution >= 4 is 33.3 Å². The summed E-state index contributed by atoms with van der Waals surface area (Å²) in [6.07, 6.45) is 0.884. The smallest absolute Gasteiger partial charge is 0.319 e. The van der Waals surface area contributed by atoms with Gasteiger partial charge in [-0.1, -0.05) is 30.3 Å². The number of carbonyl (C=O) groups excluding carboxylic acids is 1. The third-order valence-corrected chi connectivity index (χ3v) is 3.97. The zero-order valence-corrected chi connectivity index (χ0v) is 14.1. The number of nitrogens with zero attached hydrogens (tertiary/aromatic N) is 1. The number of benzene rings is 2. The van der Waals surface area contributed by atoms with E-state index in [1.54, 1.807) is 0 Å². The van der Waals surface area contributed by atoms with Gasteiger partial charge < -0.3 is 15.5 Å². The van der Waals surface area contributed by atoms with Crippen LogP contribution in [0.4, 0.5) is 16.2 Å². The molecule has 2 N–H and O–H groups in total. The maximum Gasteiger partial charge on any atom is 0.319 e. The van der Waals surface area contributed by atoms with Crippen LogP contribution < -0.4 is 15.5 Å². The lowest BCUT2D eigenvalue weighted by Gasteiger charge is -2.19. The summed E-state index contributed by atoms with van der Waals surface area (Å²) in [6.45, 7) is 1.52. The Bertz CT molecular complexity index is 604. The van der Waals surface area contributed by atoms with Gasteiger partial charge in [0.15, 0.2) is 0 Å². The molecule has 22 heavy (non-hydrogen) atoms. The first-order valence-corrected chi connectivity index (χ1v) is 8.01. The highest BCUT2D eigenvalue weighted by Crippen LogP contribution is 2.20. The summed E-state index contributed by atoms with van der Waals surface area (Å²) in [4.78, 5) is 14.0. The van der Waals surface area contributed by atoms with E-state index in [9.17, 15) is 4.79 Å². The normalized spacial score (nSPS) is 10.1. The highest BCUT2D eigenvalue weighted by Gasteiger charge is 2.04. The second-order valence-electron chi connectivity index (χ2n) is 4.97. The number of nitrogens with one attached hydrogen (secondary N) is 2. The summed E-state index contributed by atoms with van der Waals surface area (Å²) < 4.78 is 0.869. The Morgan fingerprint density at radius 1 is 1.09 bits per heavy atom. The van der Waals surface area contributed by atoms with Gasteiger partial charge in [-0.3, -0.25) is 0 Å². The number of anilines is 2. The molecule has 0 aliphatic rings. The van der Waals surface area contributed by atoms with E-state index in [4.69, 9.17) is 0 Å². The van der Waals surface area contributed by atoms with Crippen LogP contribution in [-0.4, -0.2) is 26.2 Å². The minimum atomic E-state index is -0.186. The molecule has 4 nitrogen and oxygen atoms in total. The van der Waals surface area contributed by atoms with Gasteiger partial charge in [0.2, 0.25) is 0 Å². The molecule has 0 saturated carbocycles. The number of rotatable bonds is 6. The molecule has 0 atom stereocenters. The summed E-state index contributed by atoms with van der Waals surface area (Å²) in [7, 11) is 2.05. The average Bonchev–Trinajstić information content (AvgIpc) is 2.54. The lowest BCUT2D eigenvalue weighted by Crippen LogP contribution is -2.31. The van der Waals surface area contributed by atoms with Crippen LogP contribution in [-0.2, 0) is 0 Å². The topological polar surface area (TPSA) is 44.4 Å². The van der Waals surface area contributed by atoms with Crippen molar-refractivity contribution in [2.45, 2.75) is 6.42 Å². The Kier molecular flexibility index (Phi) is 6.27. The molecular weight excluding hydrogens is 342 g/mol. The van der Waals surface area contributed by atoms with Crippen LogP contribution in [0.5, 0.6) is 0 Å². The summed E-state index contributed by atoms with van der Waals surface area (Å²) in [5.41, 5.74) is 1.95. The number of hydrogen-bond donors (Lipinski definition) is 2. The second kappa shape index (κ2) is 8.44. The summed E-state index contributed by atoms with van der Waals surface area (Å²) in [5.74, 6) is 0. The molecule has 0 saturated heterocycles. The maximum absolute atomic E-state index is 11.8. The van der Waals surface area contributed by atoms with Gasteiger partial charge in [0.1, 0.15) is 0 Å². The first kappa shape index (κ1) is 16.4. The molecule has 2 aromatic carbocycles. The quantitative estimate of drug-likeness (QED) is 0.760. The van der Waals surface area contributed by atoms with E-state index >= 15 is 0 Å². The lowest BCUT2D eigenvalue weighted by molar-refractivity contribution is 0.252.